The van der Waals surface area contributed by atoms with Crippen molar-refractivity contribution in [2.75, 3.05) is 31.2 Å². The third kappa shape index (κ3) is 6.75. The molecule has 1 aliphatic rings. The van der Waals surface area contributed by atoms with Gasteiger partial charge in [-0.2, -0.15) is 0 Å². The molecule has 3 rings (SSSR count). The lowest BCUT2D eigenvalue weighted by atomic mass is 10.0. The summed E-state index contributed by atoms with van der Waals surface area (Å²) in [5.74, 6) is 0.987. The smallest absolute Gasteiger partial charge is 0.211 e. The van der Waals surface area contributed by atoms with Crippen molar-refractivity contribution in [2.45, 2.75) is 13.5 Å². The summed E-state index contributed by atoms with van der Waals surface area (Å²) in [5, 5.41) is 6.65. The van der Waals surface area contributed by atoms with Crippen LogP contribution in [0.5, 0.6) is 0 Å². The minimum atomic E-state index is -3.08. The molecule has 2 aromatic rings. The fraction of sp³-hybridized carbons (Fsp3) is 0.350. The lowest BCUT2D eigenvalue weighted by Crippen LogP contribution is -2.53. The molecular formula is C20H27IN4O2S. The van der Waals surface area contributed by atoms with Crippen molar-refractivity contribution in [1.82, 2.24) is 9.62 Å². The molecule has 0 aromatic heterocycles. The Morgan fingerprint density at radius 1 is 1.11 bits per heavy atom. The predicted octanol–water partition coefficient (Wildman–Crippen LogP) is 3.06. The minimum absolute atomic E-state index is 0. The van der Waals surface area contributed by atoms with Crippen molar-refractivity contribution in [2.24, 2.45) is 10.9 Å². The highest BCUT2D eigenvalue weighted by molar-refractivity contribution is 14.0. The minimum Gasteiger partial charge on any atom is -0.356 e. The number of anilines is 1. The standard InChI is InChI=1S/C20H26N4O2S.HI/c1-16-8-10-17(11-9-16)12-21-20(23-19-6-4-3-5-7-19)22-13-18-14-24(15-18)27(2,25)26;/h3-11,18H,12-15H2,1-2H3,(H2,21,22,23);1H. The monoisotopic (exact) mass is 514 g/mol. The number of nitrogens with zero attached hydrogens (tertiary/aromatic N) is 2. The summed E-state index contributed by atoms with van der Waals surface area (Å²) >= 11 is 0. The van der Waals surface area contributed by atoms with E-state index < -0.39 is 10.0 Å². The van der Waals surface area contributed by atoms with Gasteiger partial charge in [0.15, 0.2) is 5.96 Å². The van der Waals surface area contributed by atoms with Crippen LogP contribution >= 0.6 is 24.0 Å². The quantitative estimate of drug-likeness (QED) is 0.353. The van der Waals surface area contributed by atoms with E-state index in [2.05, 4.69) is 46.8 Å². The Bertz CT molecular complexity index is 880. The third-order valence-corrected chi connectivity index (χ3v) is 5.76. The summed E-state index contributed by atoms with van der Waals surface area (Å²) in [6.07, 6.45) is 1.25. The molecule has 0 aliphatic carbocycles. The topological polar surface area (TPSA) is 73.8 Å². The van der Waals surface area contributed by atoms with Crippen LogP contribution in [0.4, 0.5) is 5.69 Å². The molecule has 28 heavy (non-hydrogen) atoms. The number of para-hydroxylation sites is 1. The van der Waals surface area contributed by atoms with Crippen LogP contribution in [0.15, 0.2) is 59.6 Å². The summed E-state index contributed by atoms with van der Waals surface area (Å²) < 4.78 is 24.5. The predicted molar refractivity (Wildman–Crippen MR) is 126 cm³/mol. The first-order valence-corrected chi connectivity index (χ1v) is 10.9. The van der Waals surface area contributed by atoms with E-state index in [1.54, 1.807) is 0 Å². The molecule has 152 valence electrons. The molecule has 1 fully saturated rings. The summed E-state index contributed by atoms with van der Waals surface area (Å²) in [5.41, 5.74) is 3.32. The number of guanidine groups is 1. The van der Waals surface area contributed by atoms with Crippen LogP contribution in [0.25, 0.3) is 0 Å². The summed E-state index contributed by atoms with van der Waals surface area (Å²) in [4.78, 5) is 4.68. The second-order valence-electron chi connectivity index (χ2n) is 6.97. The van der Waals surface area contributed by atoms with E-state index in [-0.39, 0.29) is 24.0 Å². The van der Waals surface area contributed by atoms with Crippen molar-refractivity contribution < 1.29 is 8.42 Å². The van der Waals surface area contributed by atoms with E-state index in [1.807, 2.05) is 30.3 Å². The number of benzene rings is 2. The molecular weight excluding hydrogens is 487 g/mol. The number of halogens is 1. The summed E-state index contributed by atoms with van der Waals surface area (Å²) in [6.45, 7) is 4.43. The molecule has 0 bridgehead atoms. The summed E-state index contributed by atoms with van der Waals surface area (Å²) in [7, 11) is -3.08. The first-order valence-electron chi connectivity index (χ1n) is 9.01. The average molecular weight is 514 g/mol. The molecule has 0 amide bonds. The van der Waals surface area contributed by atoms with E-state index in [1.165, 1.54) is 16.1 Å². The van der Waals surface area contributed by atoms with E-state index >= 15 is 0 Å². The van der Waals surface area contributed by atoms with Crippen LogP contribution in [0.2, 0.25) is 0 Å². The van der Waals surface area contributed by atoms with Gasteiger partial charge in [0.25, 0.3) is 0 Å². The highest BCUT2D eigenvalue weighted by Gasteiger charge is 2.32. The van der Waals surface area contributed by atoms with Crippen molar-refractivity contribution in [3.05, 3.63) is 65.7 Å². The maximum atomic E-state index is 11.5. The molecule has 0 radical (unpaired) electrons. The molecule has 2 aromatic carbocycles. The Balaban J connectivity index is 0.00000280. The average Bonchev–Trinajstić information content (AvgIpc) is 2.59. The molecule has 0 unspecified atom stereocenters. The van der Waals surface area contributed by atoms with Gasteiger partial charge < -0.3 is 10.6 Å². The van der Waals surface area contributed by atoms with Gasteiger partial charge in [0, 0.05) is 31.2 Å². The third-order valence-electron chi connectivity index (χ3n) is 4.53. The van der Waals surface area contributed by atoms with Crippen LogP contribution in [-0.2, 0) is 16.6 Å². The second-order valence-corrected chi connectivity index (χ2v) is 8.95. The number of aliphatic imine (C=N–C) groups is 1. The zero-order valence-electron chi connectivity index (χ0n) is 16.1. The van der Waals surface area contributed by atoms with Crippen LogP contribution in [0, 0.1) is 12.8 Å². The fourth-order valence-corrected chi connectivity index (χ4v) is 3.79. The first kappa shape index (κ1) is 22.6. The molecule has 2 N–H and O–H groups in total. The van der Waals surface area contributed by atoms with Crippen LogP contribution < -0.4 is 10.6 Å². The maximum absolute atomic E-state index is 11.5. The first-order chi connectivity index (χ1) is 12.9. The Morgan fingerprint density at radius 3 is 2.36 bits per heavy atom. The second kappa shape index (κ2) is 10.2. The molecule has 0 spiro atoms. The molecule has 6 nitrogen and oxygen atoms in total. The molecule has 1 aliphatic heterocycles. The Labute approximate surface area is 184 Å². The van der Waals surface area contributed by atoms with Gasteiger partial charge in [-0.15, -0.1) is 24.0 Å². The molecule has 0 atom stereocenters. The number of hydrogen-bond donors (Lipinski definition) is 2. The van der Waals surface area contributed by atoms with Gasteiger partial charge in [0.05, 0.1) is 12.8 Å². The number of aryl methyl sites for hydroxylation is 1. The largest absolute Gasteiger partial charge is 0.356 e. The van der Waals surface area contributed by atoms with Crippen molar-refractivity contribution >= 4 is 45.6 Å². The van der Waals surface area contributed by atoms with Gasteiger partial charge in [-0.3, -0.25) is 0 Å². The zero-order chi connectivity index (χ0) is 19.3. The molecule has 0 saturated carbocycles. The number of nitrogens with one attached hydrogen (secondary N) is 2. The number of hydrogen-bond acceptors (Lipinski definition) is 3. The van der Waals surface area contributed by atoms with E-state index in [0.29, 0.717) is 38.1 Å². The van der Waals surface area contributed by atoms with Crippen molar-refractivity contribution in [3.8, 4) is 0 Å². The van der Waals surface area contributed by atoms with Gasteiger partial charge in [0.2, 0.25) is 10.0 Å². The van der Waals surface area contributed by atoms with Crippen molar-refractivity contribution in [1.29, 1.82) is 0 Å². The van der Waals surface area contributed by atoms with Crippen molar-refractivity contribution in [3.63, 3.8) is 0 Å². The fourth-order valence-electron chi connectivity index (χ4n) is 2.83. The normalized spacial score (nSPS) is 15.4. The molecule has 8 heteroatoms. The van der Waals surface area contributed by atoms with Gasteiger partial charge in [-0.1, -0.05) is 48.0 Å². The van der Waals surface area contributed by atoms with Gasteiger partial charge in [0.1, 0.15) is 0 Å². The van der Waals surface area contributed by atoms with E-state index in [0.717, 1.165) is 11.3 Å². The van der Waals surface area contributed by atoms with Crippen LogP contribution in [-0.4, -0.2) is 44.6 Å². The van der Waals surface area contributed by atoms with E-state index in [4.69, 9.17) is 0 Å². The maximum Gasteiger partial charge on any atom is 0.211 e. The molecule has 1 saturated heterocycles. The highest BCUT2D eigenvalue weighted by atomic mass is 127. The Kier molecular flexibility index (Phi) is 8.26. The lowest BCUT2D eigenvalue weighted by molar-refractivity contribution is 0.203. The van der Waals surface area contributed by atoms with Gasteiger partial charge >= 0.3 is 0 Å². The van der Waals surface area contributed by atoms with E-state index in [9.17, 15) is 8.42 Å². The number of sulfonamides is 1. The number of rotatable bonds is 6. The molecule has 1 heterocycles. The SMILES string of the molecule is Cc1ccc(CN=C(NCC2CN(S(C)(=O)=O)C2)Nc2ccccc2)cc1.I. The Morgan fingerprint density at radius 2 is 1.75 bits per heavy atom. The highest BCUT2D eigenvalue weighted by Crippen LogP contribution is 2.17. The lowest BCUT2D eigenvalue weighted by Gasteiger charge is -2.37. The zero-order valence-corrected chi connectivity index (χ0v) is 19.3. The van der Waals surface area contributed by atoms with Gasteiger partial charge in [-0.25, -0.2) is 17.7 Å². The summed E-state index contributed by atoms with van der Waals surface area (Å²) in [6, 6.07) is 18.2. The van der Waals surface area contributed by atoms with Gasteiger partial charge in [-0.05, 0) is 24.6 Å². The Hall–Kier alpha value is -1.65. The van der Waals surface area contributed by atoms with Crippen LogP contribution in [0.3, 0.4) is 0 Å². The van der Waals surface area contributed by atoms with Crippen LogP contribution in [0.1, 0.15) is 11.1 Å².